The number of amides is 1. The van der Waals surface area contributed by atoms with Crippen molar-refractivity contribution >= 4 is 11.9 Å². The summed E-state index contributed by atoms with van der Waals surface area (Å²) in [4.78, 5) is 22.8. The van der Waals surface area contributed by atoms with Gasteiger partial charge in [-0.05, 0) is 36.8 Å². The number of nitrogens with one attached hydrogen (secondary N) is 1. The molecule has 1 saturated carbocycles. The molecule has 0 aliphatic heterocycles. The Kier molecular flexibility index (Phi) is 4.44. The number of nitrogens with zero attached hydrogens (tertiary/aromatic N) is 1. The molecule has 110 valence electrons. The molecule has 0 bridgehead atoms. The monoisotopic (exact) mass is 280 g/mol. The van der Waals surface area contributed by atoms with Crippen molar-refractivity contribution in [1.82, 2.24) is 9.88 Å². The van der Waals surface area contributed by atoms with Crippen LogP contribution in [-0.2, 0) is 16.1 Å². The summed E-state index contributed by atoms with van der Waals surface area (Å²) in [5.41, 5.74) is 0.318. The van der Waals surface area contributed by atoms with Crippen molar-refractivity contribution in [2.45, 2.75) is 25.8 Å². The molecule has 0 spiro atoms. The zero-order chi connectivity index (χ0) is 14.6. The Bertz CT molecular complexity index is 491. The molecule has 1 heterocycles. The van der Waals surface area contributed by atoms with Crippen LogP contribution in [0.2, 0.25) is 0 Å². The van der Waals surface area contributed by atoms with Crippen LogP contribution in [0.4, 0.5) is 0 Å². The molecule has 20 heavy (non-hydrogen) atoms. The van der Waals surface area contributed by atoms with Crippen LogP contribution in [0.5, 0.6) is 0 Å². The molecular formula is C14H20N2O4. The van der Waals surface area contributed by atoms with Crippen molar-refractivity contribution in [1.29, 1.82) is 0 Å². The van der Waals surface area contributed by atoms with E-state index in [-0.39, 0.29) is 23.6 Å². The van der Waals surface area contributed by atoms with Gasteiger partial charge in [0.2, 0.25) is 5.91 Å². The maximum absolute atomic E-state index is 11.9. The van der Waals surface area contributed by atoms with Crippen LogP contribution in [0.15, 0.2) is 18.3 Å². The molecule has 6 heteroatoms. The van der Waals surface area contributed by atoms with Gasteiger partial charge in [0.1, 0.15) is 12.2 Å². The number of rotatable bonds is 8. The first-order valence-electron chi connectivity index (χ1n) is 6.70. The molecule has 1 aromatic rings. The van der Waals surface area contributed by atoms with Crippen molar-refractivity contribution in [2.24, 2.45) is 5.41 Å². The second-order valence-corrected chi connectivity index (χ2v) is 5.35. The number of carboxylic acids is 1. The van der Waals surface area contributed by atoms with Crippen LogP contribution >= 0.6 is 0 Å². The predicted molar refractivity (Wildman–Crippen MR) is 72.6 cm³/mol. The lowest BCUT2D eigenvalue weighted by Crippen LogP contribution is -2.33. The van der Waals surface area contributed by atoms with Crippen LogP contribution in [-0.4, -0.2) is 41.8 Å². The lowest BCUT2D eigenvalue weighted by Gasteiger charge is -2.16. The largest absolute Gasteiger partial charge is 0.477 e. The first-order valence-corrected chi connectivity index (χ1v) is 6.70. The Morgan fingerprint density at radius 1 is 1.50 bits per heavy atom. The molecule has 1 amide bonds. The molecule has 1 aromatic heterocycles. The van der Waals surface area contributed by atoms with Gasteiger partial charge in [0.25, 0.3) is 0 Å². The molecule has 0 atom stereocenters. The standard InChI is InChI=1S/C14H20N2O4/c1-20-8-6-14(4-5-14)10-15-12(17)9-16-7-2-3-11(16)13(18)19/h2-3,7H,4-6,8-10H2,1H3,(H,15,17)(H,18,19). The molecule has 0 radical (unpaired) electrons. The molecule has 6 nitrogen and oxygen atoms in total. The fourth-order valence-corrected chi connectivity index (χ4v) is 2.25. The normalized spacial score (nSPS) is 15.8. The smallest absolute Gasteiger partial charge is 0.352 e. The van der Waals surface area contributed by atoms with Crippen LogP contribution in [0, 0.1) is 5.41 Å². The maximum Gasteiger partial charge on any atom is 0.352 e. The Labute approximate surface area is 117 Å². The van der Waals surface area contributed by atoms with Gasteiger partial charge in [-0.1, -0.05) is 0 Å². The molecule has 1 aliphatic carbocycles. The minimum atomic E-state index is -1.03. The molecule has 0 saturated heterocycles. The summed E-state index contributed by atoms with van der Waals surface area (Å²) >= 11 is 0. The number of carbonyl (C=O) groups is 2. The van der Waals surface area contributed by atoms with E-state index in [1.165, 1.54) is 10.6 Å². The maximum atomic E-state index is 11.9. The zero-order valence-electron chi connectivity index (χ0n) is 11.6. The minimum Gasteiger partial charge on any atom is -0.477 e. The van der Waals surface area contributed by atoms with E-state index < -0.39 is 5.97 Å². The lowest BCUT2D eigenvalue weighted by molar-refractivity contribution is -0.122. The molecular weight excluding hydrogens is 260 g/mol. The number of hydrogen-bond acceptors (Lipinski definition) is 3. The summed E-state index contributed by atoms with van der Waals surface area (Å²) < 4.78 is 6.51. The molecule has 0 unspecified atom stereocenters. The fourth-order valence-electron chi connectivity index (χ4n) is 2.25. The molecule has 2 rings (SSSR count). The van der Waals surface area contributed by atoms with Gasteiger partial charge in [0.15, 0.2) is 0 Å². The minimum absolute atomic E-state index is 0.0367. The van der Waals surface area contributed by atoms with Crippen molar-refractivity contribution in [3.05, 3.63) is 24.0 Å². The highest BCUT2D eigenvalue weighted by molar-refractivity contribution is 5.86. The summed E-state index contributed by atoms with van der Waals surface area (Å²) in [7, 11) is 1.67. The first-order chi connectivity index (χ1) is 9.56. The summed E-state index contributed by atoms with van der Waals surface area (Å²) in [5, 5.41) is 11.9. The highest BCUT2D eigenvalue weighted by atomic mass is 16.5. The van der Waals surface area contributed by atoms with E-state index in [1.54, 1.807) is 19.4 Å². The van der Waals surface area contributed by atoms with E-state index in [0.717, 1.165) is 19.3 Å². The molecule has 1 aliphatic rings. The van der Waals surface area contributed by atoms with Crippen LogP contribution in [0.1, 0.15) is 29.8 Å². The average Bonchev–Trinajstić information content (AvgIpc) is 3.04. The lowest BCUT2D eigenvalue weighted by atomic mass is 10.0. The average molecular weight is 280 g/mol. The number of ether oxygens (including phenoxy) is 1. The summed E-state index contributed by atoms with van der Waals surface area (Å²) in [5.74, 6) is -1.19. The van der Waals surface area contributed by atoms with Gasteiger partial charge in [-0.25, -0.2) is 4.79 Å². The summed E-state index contributed by atoms with van der Waals surface area (Å²) in [6.07, 6.45) is 4.77. The third-order valence-electron chi connectivity index (χ3n) is 3.82. The third-order valence-corrected chi connectivity index (χ3v) is 3.82. The van der Waals surface area contributed by atoms with E-state index >= 15 is 0 Å². The number of carboxylic acid groups (broad SMARTS) is 1. The van der Waals surface area contributed by atoms with Gasteiger partial charge in [0, 0.05) is 26.5 Å². The van der Waals surface area contributed by atoms with Crippen LogP contribution < -0.4 is 5.32 Å². The Hall–Kier alpha value is -1.82. The van der Waals surface area contributed by atoms with E-state index in [1.807, 2.05) is 0 Å². The predicted octanol–water partition coefficient (Wildman–Crippen LogP) is 1.12. The Balaban J connectivity index is 1.81. The summed E-state index contributed by atoms with van der Waals surface area (Å²) in [6.45, 7) is 1.38. The highest BCUT2D eigenvalue weighted by Crippen LogP contribution is 2.48. The van der Waals surface area contributed by atoms with Crippen LogP contribution in [0.3, 0.4) is 0 Å². The van der Waals surface area contributed by atoms with E-state index in [4.69, 9.17) is 9.84 Å². The number of aromatic nitrogens is 1. The third kappa shape index (κ3) is 3.60. The second-order valence-electron chi connectivity index (χ2n) is 5.35. The van der Waals surface area contributed by atoms with Crippen molar-refractivity contribution in [3.8, 4) is 0 Å². The topological polar surface area (TPSA) is 80.6 Å². The van der Waals surface area contributed by atoms with Crippen molar-refractivity contribution in [2.75, 3.05) is 20.3 Å². The quantitative estimate of drug-likeness (QED) is 0.747. The van der Waals surface area contributed by atoms with Gasteiger partial charge in [-0.3, -0.25) is 4.79 Å². The fraction of sp³-hybridized carbons (Fsp3) is 0.571. The Morgan fingerprint density at radius 2 is 2.25 bits per heavy atom. The molecule has 0 aromatic carbocycles. The van der Waals surface area contributed by atoms with E-state index in [2.05, 4.69) is 5.32 Å². The number of carbonyl (C=O) groups excluding carboxylic acids is 1. The number of hydrogen-bond donors (Lipinski definition) is 2. The van der Waals surface area contributed by atoms with Gasteiger partial charge in [-0.15, -0.1) is 0 Å². The van der Waals surface area contributed by atoms with Gasteiger partial charge in [0.05, 0.1) is 0 Å². The van der Waals surface area contributed by atoms with Crippen molar-refractivity contribution in [3.63, 3.8) is 0 Å². The van der Waals surface area contributed by atoms with Crippen LogP contribution in [0.25, 0.3) is 0 Å². The molecule has 1 fully saturated rings. The summed E-state index contributed by atoms with van der Waals surface area (Å²) in [6, 6.07) is 3.11. The zero-order valence-corrected chi connectivity index (χ0v) is 11.6. The van der Waals surface area contributed by atoms with E-state index in [9.17, 15) is 9.59 Å². The second kappa shape index (κ2) is 6.09. The number of aromatic carboxylic acids is 1. The van der Waals surface area contributed by atoms with Gasteiger partial charge >= 0.3 is 5.97 Å². The SMILES string of the molecule is COCCC1(CNC(=O)Cn2cccc2C(=O)O)CC1. The Morgan fingerprint density at radius 3 is 2.85 bits per heavy atom. The van der Waals surface area contributed by atoms with E-state index in [0.29, 0.717) is 13.2 Å². The van der Waals surface area contributed by atoms with Crippen molar-refractivity contribution < 1.29 is 19.4 Å². The van der Waals surface area contributed by atoms with Gasteiger partial charge < -0.3 is 19.7 Å². The first kappa shape index (κ1) is 14.6. The van der Waals surface area contributed by atoms with Gasteiger partial charge in [-0.2, -0.15) is 0 Å². The molecule has 2 N–H and O–H groups in total. The highest BCUT2D eigenvalue weighted by Gasteiger charge is 2.42. The number of methoxy groups -OCH3 is 1.